The summed E-state index contributed by atoms with van der Waals surface area (Å²) in [5.41, 5.74) is 3.61. The minimum atomic E-state index is -0.115. The molecule has 0 amide bonds. The van der Waals surface area contributed by atoms with Crippen molar-refractivity contribution in [3.05, 3.63) is 48.0 Å². The molecule has 3 heteroatoms. The molecule has 3 rings (SSSR count). The van der Waals surface area contributed by atoms with Crippen LogP contribution in [-0.2, 0) is 6.42 Å². The molecule has 3 nitrogen and oxygen atoms in total. The molecule has 0 unspecified atom stereocenters. The van der Waals surface area contributed by atoms with E-state index in [1.54, 1.807) is 0 Å². The lowest BCUT2D eigenvalue weighted by molar-refractivity contribution is 0.219. The fourth-order valence-corrected chi connectivity index (χ4v) is 6.29. The van der Waals surface area contributed by atoms with E-state index in [9.17, 15) is 5.26 Å². The molecular weight excluding hydrogens is 474 g/mol. The number of aromatic nitrogens is 2. The molecule has 1 aliphatic carbocycles. The lowest BCUT2D eigenvalue weighted by Gasteiger charge is -2.34. The summed E-state index contributed by atoms with van der Waals surface area (Å²) < 4.78 is 0. The molecule has 0 atom stereocenters. The number of hydrogen-bond donors (Lipinski definition) is 0. The van der Waals surface area contributed by atoms with Gasteiger partial charge in [0.2, 0.25) is 0 Å². The Morgan fingerprint density at radius 2 is 1.21 bits per heavy atom. The zero-order chi connectivity index (χ0) is 27.6. The topological polar surface area (TPSA) is 49.6 Å². The van der Waals surface area contributed by atoms with E-state index in [1.807, 2.05) is 12.4 Å². The quantitative estimate of drug-likeness (QED) is 0.170. The predicted molar refractivity (Wildman–Crippen MR) is 166 cm³/mol. The Bertz CT molecular complexity index is 933. The Morgan fingerprint density at radius 3 is 1.74 bits per heavy atom. The second-order valence-electron chi connectivity index (χ2n) is 12.3. The largest absolute Gasteiger partial charge is 0.240 e. The number of aryl methyl sites for hydroxylation is 1. The Balaban J connectivity index is 1.38. The number of benzene rings is 1. The molecule has 1 aromatic carbocycles. The van der Waals surface area contributed by atoms with E-state index < -0.39 is 0 Å². The summed E-state index contributed by atoms with van der Waals surface area (Å²) >= 11 is 0. The van der Waals surface area contributed by atoms with Gasteiger partial charge in [0.15, 0.2) is 0 Å². The van der Waals surface area contributed by atoms with E-state index in [0.717, 1.165) is 43.5 Å². The molecule has 1 saturated carbocycles. The predicted octanol–water partition coefficient (Wildman–Crippen LogP) is 11.1. The lowest BCUT2D eigenvalue weighted by atomic mass is 9.68. The van der Waals surface area contributed by atoms with Crippen molar-refractivity contribution >= 4 is 0 Å². The first kappa shape index (κ1) is 31.3. The van der Waals surface area contributed by atoms with Gasteiger partial charge in [0.25, 0.3) is 0 Å². The van der Waals surface area contributed by atoms with Crippen LogP contribution in [0.3, 0.4) is 0 Å². The van der Waals surface area contributed by atoms with E-state index >= 15 is 0 Å². The van der Waals surface area contributed by atoms with Gasteiger partial charge in [-0.05, 0) is 56.1 Å². The summed E-state index contributed by atoms with van der Waals surface area (Å²) in [4.78, 5) is 9.58. The van der Waals surface area contributed by atoms with Crippen LogP contribution >= 0.6 is 0 Å². The maximum atomic E-state index is 9.98. The monoisotopic (exact) mass is 529 g/mol. The van der Waals surface area contributed by atoms with Crippen molar-refractivity contribution in [1.82, 2.24) is 9.97 Å². The van der Waals surface area contributed by atoms with Crippen molar-refractivity contribution in [2.24, 2.45) is 5.41 Å². The highest BCUT2D eigenvalue weighted by atomic mass is 14.9. The van der Waals surface area contributed by atoms with E-state index in [4.69, 9.17) is 9.97 Å². The molecule has 0 saturated heterocycles. The van der Waals surface area contributed by atoms with Crippen LogP contribution in [-0.4, -0.2) is 9.97 Å². The number of hydrogen-bond acceptors (Lipinski definition) is 3. The minimum absolute atomic E-state index is 0.115. The highest BCUT2D eigenvalue weighted by molar-refractivity contribution is 5.61. The smallest absolute Gasteiger partial charge is 0.131 e. The van der Waals surface area contributed by atoms with Gasteiger partial charge in [-0.2, -0.15) is 5.26 Å². The van der Waals surface area contributed by atoms with Crippen molar-refractivity contribution in [2.75, 3.05) is 0 Å². The zero-order valence-corrected chi connectivity index (χ0v) is 25.2. The zero-order valence-electron chi connectivity index (χ0n) is 25.2. The number of nitrogens with zero attached hydrogens (tertiary/aromatic N) is 3. The summed E-state index contributed by atoms with van der Waals surface area (Å²) in [6.07, 6.45) is 30.4. The molecule has 1 heterocycles. The third-order valence-corrected chi connectivity index (χ3v) is 9.08. The van der Waals surface area contributed by atoms with Crippen molar-refractivity contribution < 1.29 is 0 Å². The molecule has 0 bridgehead atoms. The fourth-order valence-electron chi connectivity index (χ4n) is 6.29. The Hall–Kier alpha value is -2.21. The molecule has 0 spiro atoms. The van der Waals surface area contributed by atoms with E-state index in [0.29, 0.717) is 5.92 Å². The third kappa shape index (κ3) is 11.1. The van der Waals surface area contributed by atoms with Crippen LogP contribution < -0.4 is 0 Å². The third-order valence-electron chi connectivity index (χ3n) is 9.08. The van der Waals surface area contributed by atoms with Gasteiger partial charge in [0, 0.05) is 23.9 Å². The first-order valence-electron chi connectivity index (χ1n) is 16.5. The van der Waals surface area contributed by atoms with Gasteiger partial charge in [-0.15, -0.1) is 0 Å². The SMILES string of the molecule is CCCCCCCCCCc1ccc(-c2cnc([C@H]3CC[C@@](C#N)(CCCCCCCCC)CC3)nc2)cc1. The molecule has 1 aliphatic rings. The fraction of sp³-hybridized carbons (Fsp3) is 0.694. The summed E-state index contributed by atoms with van der Waals surface area (Å²) in [7, 11) is 0. The summed E-state index contributed by atoms with van der Waals surface area (Å²) in [6, 6.07) is 11.7. The highest BCUT2D eigenvalue weighted by Gasteiger charge is 2.36. The number of unbranched alkanes of at least 4 members (excludes halogenated alkanes) is 13. The van der Waals surface area contributed by atoms with E-state index in [-0.39, 0.29) is 5.41 Å². The molecule has 0 N–H and O–H groups in total. The average molecular weight is 530 g/mol. The van der Waals surface area contributed by atoms with Crippen molar-refractivity contribution in [1.29, 1.82) is 5.26 Å². The highest BCUT2D eigenvalue weighted by Crippen LogP contribution is 2.45. The van der Waals surface area contributed by atoms with Crippen LogP contribution in [0.5, 0.6) is 0 Å². The van der Waals surface area contributed by atoms with Gasteiger partial charge in [0.1, 0.15) is 5.82 Å². The standard InChI is InChI=1S/C36H55N3/c1-3-5-7-9-11-12-14-16-18-31-19-21-32(22-20-31)34-28-38-35(39-29-34)33-23-26-36(30-37,27-24-33)25-17-15-13-10-8-6-4-2/h19-22,28-29,33H,3-18,23-27H2,1-2H3/t33-,36-. The summed E-state index contributed by atoms with van der Waals surface area (Å²) in [5, 5.41) is 9.98. The Labute approximate surface area is 240 Å². The first-order chi connectivity index (χ1) is 19.2. The molecule has 0 aliphatic heterocycles. The van der Waals surface area contributed by atoms with Gasteiger partial charge in [-0.1, -0.05) is 128 Å². The molecule has 39 heavy (non-hydrogen) atoms. The molecule has 1 fully saturated rings. The molecule has 214 valence electrons. The van der Waals surface area contributed by atoms with Crippen LogP contribution in [0.4, 0.5) is 0 Å². The summed E-state index contributed by atoms with van der Waals surface area (Å²) in [5.74, 6) is 1.36. The first-order valence-corrected chi connectivity index (χ1v) is 16.5. The van der Waals surface area contributed by atoms with Crippen LogP contribution in [0.15, 0.2) is 36.7 Å². The molecular formula is C36H55N3. The van der Waals surface area contributed by atoms with Gasteiger partial charge < -0.3 is 0 Å². The molecule has 1 aromatic heterocycles. The minimum Gasteiger partial charge on any atom is -0.240 e. The second-order valence-corrected chi connectivity index (χ2v) is 12.3. The van der Waals surface area contributed by atoms with E-state index in [2.05, 4.69) is 44.2 Å². The molecule has 2 aromatic rings. The van der Waals surface area contributed by atoms with Crippen LogP contribution in [0, 0.1) is 16.7 Å². The summed E-state index contributed by atoms with van der Waals surface area (Å²) in [6.45, 7) is 4.55. The average Bonchev–Trinajstić information content (AvgIpc) is 2.99. The maximum Gasteiger partial charge on any atom is 0.131 e. The van der Waals surface area contributed by atoms with Crippen molar-refractivity contribution in [3.63, 3.8) is 0 Å². The van der Waals surface area contributed by atoms with Gasteiger partial charge >= 0.3 is 0 Å². The van der Waals surface area contributed by atoms with Crippen molar-refractivity contribution in [3.8, 4) is 17.2 Å². The van der Waals surface area contributed by atoms with Gasteiger partial charge in [-0.3, -0.25) is 0 Å². The van der Waals surface area contributed by atoms with Crippen LogP contribution in [0.2, 0.25) is 0 Å². The lowest BCUT2D eigenvalue weighted by Crippen LogP contribution is -2.26. The molecule has 0 radical (unpaired) electrons. The Kier molecular flexibility index (Phi) is 14.6. The Morgan fingerprint density at radius 1 is 0.692 bits per heavy atom. The second kappa shape index (κ2) is 18.2. The van der Waals surface area contributed by atoms with Crippen LogP contribution in [0.25, 0.3) is 11.1 Å². The van der Waals surface area contributed by atoms with E-state index in [1.165, 1.54) is 114 Å². The maximum absolute atomic E-state index is 9.98. The van der Waals surface area contributed by atoms with Crippen LogP contribution in [0.1, 0.15) is 160 Å². The van der Waals surface area contributed by atoms with Gasteiger partial charge in [0.05, 0.1) is 11.5 Å². The number of rotatable bonds is 19. The van der Waals surface area contributed by atoms with Gasteiger partial charge in [-0.25, -0.2) is 9.97 Å². The van der Waals surface area contributed by atoms with Crippen molar-refractivity contribution in [2.45, 2.75) is 155 Å². The normalized spacial score (nSPS) is 19.2. The number of nitriles is 1.